The van der Waals surface area contributed by atoms with Gasteiger partial charge in [0.2, 0.25) is 5.91 Å². The summed E-state index contributed by atoms with van der Waals surface area (Å²) in [7, 11) is 0. The van der Waals surface area contributed by atoms with Gasteiger partial charge in [0.1, 0.15) is 0 Å². The molecule has 0 saturated carbocycles. The van der Waals surface area contributed by atoms with Crippen LogP contribution in [0.2, 0.25) is 5.02 Å². The summed E-state index contributed by atoms with van der Waals surface area (Å²) in [6.07, 6.45) is 2.54. The first-order chi connectivity index (χ1) is 9.19. The number of amides is 1. The minimum absolute atomic E-state index is 0.0292. The van der Waals surface area contributed by atoms with Crippen LogP contribution in [0.1, 0.15) is 24.8 Å². The summed E-state index contributed by atoms with van der Waals surface area (Å²) in [5, 5.41) is 15.2. The van der Waals surface area contributed by atoms with Gasteiger partial charge in [-0.2, -0.15) is 5.26 Å². The summed E-state index contributed by atoms with van der Waals surface area (Å²) in [6, 6.07) is 6.86. The van der Waals surface area contributed by atoms with E-state index >= 15 is 0 Å². The normalized spacial score (nSPS) is 18.0. The maximum Gasteiger partial charge on any atom is 0.224 e. The van der Waals surface area contributed by atoms with E-state index in [9.17, 15) is 4.79 Å². The zero-order valence-electron chi connectivity index (χ0n) is 10.6. The van der Waals surface area contributed by atoms with Crippen molar-refractivity contribution in [2.45, 2.75) is 19.3 Å². The summed E-state index contributed by atoms with van der Waals surface area (Å²) in [5.74, 6) is 0.570. The van der Waals surface area contributed by atoms with E-state index in [1.807, 2.05) is 6.07 Å². The molecule has 2 N–H and O–H groups in total. The lowest BCUT2D eigenvalue weighted by Gasteiger charge is -2.09. The zero-order chi connectivity index (χ0) is 13.7. The molecule has 1 aromatic rings. The average molecular weight is 278 g/mol. The predicted molar refractivity (Wildman–Crippen MR) is 75.0 cm³/mol. The molecule has 0 aromatic heterocycles. The SMILES string of the molecule is N#Cc1ccc(NC(=O)CCC2CCNC2)c(Cl)c1. The highest BCUT2D eigenvalue weighted by molar-refractivity contribution is 6.33. The summed E-state index contributed by atoms with van der Waals surface area (Å²) >= 11 is 6.00. The highest BCUT2D eigenvalue weighted by Crippen LogP contribution is 2.23. The molecule has 1 aromatic carbocycles. The van der Waals surface area contributed by atoms with E-state index in [1.165, 1.54) is 0 Å². The van der Waals surface area contributed by atoms with E-state index in [-0.39, 0.29) is 5.91 Å². The van der Waals surface area contributed by atoms with Gasteiger partial charge in [-0.05, 0) is 50.0 Å². The lowest BCUT2D eigenvalue weighted by molar-refractivity contribution is -0.116. The maximum atomic E-state index is 11.8. The molecule has 0 bridgehead atoms. The molecule has 19 heavy (non-hydrogen) atoms. The molecule has 4 nitrogen and oxygen atoms in total. The maximum absolute atomic E-state index is 11.8. The molecule has 0 aliphatic carbocycles. The Hall–Kier alpha value is -1.57. The van der Waals surface area contributed by atoms with Gasteiger partial charge in [-0.3, -0.25) is 4.79 Å². The fourth-order valence-corrected chi connectivity index (χ4v) is 2.42. The fourth-order valence-electron chi connectivity index (χ4n) is 2.19. The molecule has 1 amide bonds. The van der Waals surface area contributed by atoms with Gasteiger partial charge in [-0.25, -0.2) is 0 Å². The van der Waals surface area contributed by atoms with Gasteiger partial charge in [0.05, 0.1) is 22.3 Å². The average Bonchev–Trinajstić information content (AvgIpc) is 2.92. The molecule has 1 heterocycles. The van der Waals surface area contributed by atoms with Crippen LogP contribution >= 0.6 is 11.6 Å². The first kappa shape index (κ1) is 13.9. The van der Waals surface area contributed by atoms with E-state index in [0.29, 0.717) is 28.6 Å². The van der Waals surface area contributed by atoms with Crippen LogP contribution in [0, 0.1) is 17.2 Å². The molecule has 1 aliphatic rings. The second-order valence-corrected chi connectivity index (χ2v) is 5.16. The zero-order valence-corrected chi connectivity index (χ0v) is 11.3. The third kappa shape index (κ3) is 3.95. The Labute approximate surface area is 117 Å². The van der Waals surface area contributed by atoms with Crippen molar-refractivity contribution in [3.8, 4) is 6.07 Å². The largest absolute Gasteiger partial charge is 0.325 e. The van der Waals surface area contributed by atoms with Gasteiger partial charge in [0.25, 0.3) is 0 Å². The van der Waals surface area contributed by atoms with E-state index in [2.05, 4.69) is 10.6 Å². The standard InChI is InChI=1S/C14H16ClN3O/c15-12-7-11(8-16)1-3-13(12)18-14(19)4-2-10-5-6-17-9-10/h1,3,7,10,17H,2,4-6,9H2,(H,18,19). The van der Waals surface area contributed by atoms with Gasteiger partial charge in [-0.1, -0.05) is 11.6 Å². The number of hydrogen-bond acceptors (Lipinski definition) is 3. The fraction of sp³-hybridized carbons (Fsp3) is 0.429. The number of hydrogen-bond donors (Lipinski definition) is 2. The van der Waals surface area contributed by atoms with E-state index in [0.717, 1.165) is 25.9 Å². The van der Waals surface area contributed by atoms with E-state index < -0.39 is 0 Å². The molecular weight excluding hydrogens is 262 g/mol. The monoisotopic (exact) mass is 277 g/mol. The number of carbonyl (C=O) groups excluding carboxylic acids is 1. The van der Waals surface area contributed by atoms with Crippen molar-refractivity contribution in [2.75, 3.05) is 18.4 Å². The van der Waals surface area contributed by atoms with Crippen LogP contribution in [-0.4, -0.2) is 19.0 Å². The van der Waals surface area contributed by atoms with Crippen LogP contribution in [0.5, 0.6) is 0 Å². The Kier molecular flexibility index (Phi) is 4.78. The van der Waals surface area contributed by atoms with E-state index in [4.69, 9.17) is 16.9 Å². The van der Waals surface area contributed by atoms with Crippen LogP contribution in [-0.2, 0) is 4.79 Å². The molecular formula is C14H16ClN3O. The van der Waals surface area contributed by atoms with Gasteiger partial charge in [0, 0.05) is 6.42 Å². The predicted octanol–water partition coefficient (Wildman–Crippen LogP) is 2.54. The molecule has 1 atom stereocenters. The molecule has 100 valence electrons. The Bertz CT molecular complexity index is 504. The molecule has 1 aliphatic heterocycles. The number of nitriles is 1. The van der Waals surface area contributed by atoms with E-state index in [1.54, 1.807) is 18.2 Å². The Morgan fingerprint density at radius 3 is 3.05 bits per heavy atom. The van der Waals surface area contributed by atoms with Crippen molar-refractivity contribution in [3.05, 3.63) is 28.8 Å². The van der Waals surface area contributed by atoms with Crippen LogP contribution in [0.25, 0.3) is 0 Å². The Balaban J connectivity index is 1.86. The van der Waals surface area contributed by atoms with Gasteiger partial charge in [-0.15, -0.1) is 0 Å². The molecule has 1 unspecified atom stereocenters. The minimum atomic E-state index is -0.0292. The summed E-state index contributed by atoms with van der Waals surface area (Å²) in [6.45, 7) is 2.05. The van der Waals surface area contributed by atoms with Crippen LogP contribution in [0.15, 0.2) is 18.2 Å². The Morgan fingerprint density at radius 1 is 1.58 bits per heavy atom. The third-order valence-corrected chi connectivity index (χ3v) is 3.63. The van der Waals surface area contributed by atoms with Gasteiger partial charge >= 0.3 is 0 Å². The molecule has 0 spiro atoms. The lowest BCUT2D eigenvalue weighted by atomic mass is 10.0. The summed E-state index contributed by atoms with van der Waals surface area (Å²) < 4.78 is 0. The van der Waals surface area contributed by atoms with Crippen LogP contribution in [0.4, 0.5) is 5.69 Å². The van der Waals surface area contributed by atoms with Crippen molar-refractivity contribution in [3.63, 3.8) is 0 Å². The lowest BCUT2D eigenvalue weighted by Crippen LogP contribution is -2.15. The number of nitrogens with zero attached hydrogens (tertiary/aromatic N) is 1. The second-order valence-electron chi connectivity index (χ2n) is 4.75. The summed E-state index contributed by atoms with van der Waals surface area (Å²) in [4.78, 5) is 11.8. The number of halogens is 1. The smallest absolute Gasteiger partial charge is 0.224 e. The number of nitrogens with one attached hydrogen (secondary N) is 2. The van der Waals surface area contributed by atoms with Crippen molar-refractivity contribution < 1.29 is 4.79 Å². The first-order valence-electron chi connectivity index (χ1n) is 6.39. The first-order valence-corrected chi connectivity index (χ1v) is 6.77. The van der Waals surface area contributed by atoms with Crippen molar-refractivity contribution >= 4 is 23.2 Å². The summed E-state index contributed by atoms with van der Waals surface area (Å²) in [5.41, 5.74) is 1.05. The third-order valence-electron chi connectivity index (χ3n) is 3.31. The van der Waals surface area contributed by atoms with Crippen molar-refractivity contribution in [1.82, 2.24) is 5.32 Å². The quantitative estimate of drug-likeness (QED) is 0.889. The number of rotatable bonds is 4. The van der Waals surface area contributed by atoms with Crippen molar-refractivity contribution in [1.29, 1.82) is 5.26 Å². The molecule has 2 rings (SSSR count). The van der Waals surface area contributed by atoms with Gasteiger partial charge < -0.3 is 10.6 Å². The second kappa shape index (κ2) is 6.55. The highest BCUT2D eigenvalue weighted by atomic mass is 35.5. The molecule has 5 heteroatoms. The highest BCUT2D eigenvalue weighted by Gasteiger charge is 2.16. The molecule has 1 saturated heterocycles. The van der Waals surface area contributed by atoms with Crippen LogP contribution in [0.3, 0.4) is 0 Å². The molecule has 1 fully saturated rings. The number of anilines is 1. The van der Waals surface area contributed by atoms with Gasteiger partial charge in [0.15, 0.2) is 0 Å². The van der Waals surface area contributed by atoms with Crippen molar-refractivity contribution in [2.24, 2.45) is 5.92 Å². The Morgan fingerprint density at radius 2 is 2.42 bits per heavy atom. The number of carbonyl (C=O) groups is 1. The van der Waals surface area contributed by atoms with Crippen LogP contribution < -0.4 is 10.6 Å². The topological polar surface area (TPSA) is 64.9 Å². The molecule has 0 radical (unpaired) electrons. The number of benzene rings is 1. The minimum Gasteiger partial charge on any atom is -0.325 e.